The van der Waals surface area contributed by atoms with Crippen molar-refractivity contribution in [2.24, 2.45) is 11.8 Å². The maximum absolute atomic E-state index is 14.4. The number of halogens is 1. The minimum atomic E-state index is -0.833. The van der Waals surface area contributed by atoms with Crippen molar-refractivity contribution in [3.8, 4) is 0 Å². The molecule has 0 spiro atoms. The molecule has 0 saturated carbocycles. The van der Waals surface area contributed by atoms with E-state index in [9.17, 15) is 24.5 Å². The van der Waals surface area contributed by atoms with Gasteiger partial charge in [-0.2, -0.15) is 5.01 Å². The summed E-state index contributed by atoms with van der Waals surface area (Å²) in [6, 6.07) is 28.0. The highest BCUT2D eigenvalue weighted by Gasteiger charge is 2.63. The summed E-state index contributed by atoms with van der Waals surface area (Å²) < 4.78 is 0. The average Bonchev–Trinajstić information content (AvgIpc) is 3.26. The lowest BCUT2D eigenvalue weighted by molar-refractivity contribution is -0.385. The van der Waals surface area contributed by atoms with Gasteiger partial charge in [0.15, 0.2) is 0 Å². The molecule has 0 radical (unpaired) electrons. The van der Waals surface area contributed by atoms with Crippen molar-refractivity contribution in [3.63, 3.8) is 0 Å². The van der Waals surface area contributed by atoms with Crippen LogP contribution in [-0.4, -0.2) is 32.7 Å². The molecule has 2 bridgehead atoms. The van der Waals surface area contributed by atoms with Crippen LogP contribution in [0.1, 0.15) is 50.0 Å². The van der Waals surface area contributed by atoms with Crippen LogP contribution in [0, 0.1) is 22.0 Å². The fourth-order valence-electron chi connectivity index (χ4n) is 6.87. The molecule has 8 nitrogen and oxygen atoms in total. The third-order valence-electron chi connectivity index (χ3n) is 8.51. The SMILES string of the molecule is O=C(c1ccccc1[N+](=O)[O-])N(Cc1ccccc1Cl)N1C(=O)[C@@H]2C3c4ccccc4C(c4ccccc43)[C@H]2C1=O. The Hall–Kier alpha value is -4.82. The van der Waals surface area contributed by atoms with E-state index in [1.165, 1.54) is 24.3 Å². The van der Waals surface area contributed by atoms with Gasteiger partial charge in [-0.25, -0.2) is 5.01 Å². The number of benzene rings is 4. The molecular formula is C32H22ClN3O5. The van der Waals surface area contributed by atoms with Gasteiger partial charge in [-0.3, -0.25) is 24.5 Å². The summed E-state index contributed by atoms with van der Waals surface area (Å²) in [5.41, 5.74) is 3.86. The summed E-state index contributed by atoms with van der Waals surface area (Å²) in [5.74, 6) is -3.99. The predicted molar refractivity (Wildman–Crippen MR) is 150 cm³/mol. The first-order chi connectivity index (χ1) is 19.9. The van der Waals surface area contributed by atoms with Crippen molar-refractivity contribution in [1.29, 1.82) is 0 Å². The molecule has 0 N–H and O–H groups in total. The van der Waals surface area contributed by atoms with Crippen molar-refractivity contribution in [1.82, 2.24) is 10.0 Å². The Balaban J connectivity index is 1.38. The van der Waals surface area contributed by atoms with Crippen molar-refractivity contribution in [2.45, 2.75) is 18.4 Å². The van der Waals surface area contributed by atoms with Gasteiger partial charge in [0.2, 0.25) is 0 Å². The van der Waals surface area contributed by atoms with E-state index in [0.29, 0.717) is 10.6 Å². The molecule has 0 unspecified atom stereocenters. The van der Waals surface area contributed by atoms with Crippen LogP contribution < -0.4 is 0 Å². The second-order valence-electron chi connectivity index (χ2n) is 10.5. The molecule has 3 aliphatic carbocycles. The van der Waals surface area contributed by atoms with E-state index in [1.54, 1.807) is 24.3 Å². The van der Waals surface area contributed by atoms with Crippen LogP contribution in [0.5, 0.6) is 0 Å². The number of imide groups is 1. The minimum absolute atomic E-state index is 0.225. The molecule has 1 aliphatic heterocycles. The number of hydrogen-bond donors (Lipinski definition) is 0. The molecule has 41 heavy (non-hydrogen) atoms. The van der Waals surface area contributed by atoms with Crippen LogP contribution in [0.4, 0.5) is 5.69 Å². The summed E-state index contributed by atoms with van der Waals surface area (Å²) in [6.07, 6.45) is 0. The fraction of sp³-hybridized carbons (Fsp3) is 0.156. The molecule has 8 rings (SSSR count). The van der Waals surface area contributed by atoms with Crippen molar-refractivity contribution >= 4 is 35.0 Å². The van der Waals surface area contributed by atoms with Gasteiger partial charge in [-0.1, -0.05) is 90.5 Å². The van der Waals surface area contributed by atoms with Gasteiger partial charge >= 0.3 is 0 Å². The van der Waals surface area contributed by atoms with E-state index in [1.807, 2.05) is 48.5 Å². The van der Waals surface area contributed by atoms with Gasteiger partial charge in [0, 0.05) is 22.9 Å². The molecule has 2 atom stereocenters. The molecule has 4 aromatic rings. The van der Waals surface area contributed by atoms with Crippen LogP contribution in [0.2, 0.25) is 5.02 Å². The van der Waals surface area contributed by atoms with Crippen LogP contribution in [0.15, 0.2) is 97.1 Å². The quantitative estimate of drug-likeness (QED) is 0.176. The first-order valence-electron chi connectivity index (χ1n) is 13.2. The smallest absolute Gasteiger partial charge is 0.272 e. The Morgan fingerprint density at radius 2 is 1.22 bits per heavy atom. The Kier molecular flexibility index (Phi) is 5.76. The zero-order valence-electron chi connectivity index (χ0n) is 21.5. The molecule has 1 saturated heterocycles. The van der Waals surface area contributed by atoms with Gasteiger partial charge in [0.25, 0.3) is 23.4 Å². The minimum Gasteiger partial charge on any atom is -0.272 e. The third kappa shape index (κ3) is 3.64. The number of hydrogen-bond acceptors (Lipinski definition) is 5. The zero-order valence-corrected chi connectivity index (χ0v) is 22.3. The maximum atomic E-state index is 14.4. The summed E-state index contributed by atoms with van der Waals surface area (Å²) in [5, 5.41) is 14.1. The molecular weight excluding hydrogens is 542 g/mol. The number of nitro benzene ring substituents is 1. The molecule has 1 fully saturated rings. The molecule has 4 aromatic carbocycles. The van der Waals surface area contributed by atoms with Crippen molar-refractivity contribution in [2.75, 3.05) is 0 Å². The van der Waals surface area contributed by atoms with Crippen molar-refractivity contribution < 1.29 is 19.3 Å². The summed E-state index contributed by atoms with van der Waals surface area (Å²) >= 11 is 6.45. The molecule has 9 heteroatoms. The number of carbonyl (C=O) groups excluding carboxylic acids is 3. The fourth-order valence-corrected chi connectivity index (χ4v) is 7.07. The Bertz CT molecular complexity index is 1670. The standard InChI is InChI=1S/C32H22ClN3O5/c33-24-15-7-1-9-18(24)17-34(30(37)23-14-6-8-16-25(23)36(40)41)35-31(38)28-26-19-10-2-3-11-20(19)27(29(28)32(35)39)22-13-5-4-12-21(22)26/h1-16,26-29H,17H2/t26?,27?,28-,29-/m1/s1. The number of rotatable bonds is 5. The number of para-hydroxylation sites is 1. The highest BCUT2D eigenvalue weighted by atomic mass is 35.5. The lowest BCUT2D eigenvalue weighted by atomic mass is 9.55. The largest absolute Gasteiger partial charge is 0.282 e. The molecule has 0 aromatic heterocycles. The van der Waals surface area contributed by atoms with E-state index in [0.717, 1.165) is 32.3 Å². The topological polar surface area (TPSA) is 101 Å². The highest BCUT2D eigenvalue weighted by Crippen LogP contribution is 2.61. The number of nitro groups is 1. The van der Waals surface area contributed by atoms with Gasteiger partial charge in [0.05, 0.1) is 23.3 Å². The van der Waals surface area contributed by atoms with E-state index >= 15 is 0 Å². The van der Waals surface area contributed by atoms with E-state index in [2.05, 4.69) is 0 Å². The van der Waals surface area contributed by atoms with E-state index in [-0.39, 0.29) is 23.9 Å². The average molecular weight is 564 g/mol. The number of carbonyl (C=O) groups is 3. The van der Waals surface area contributed by atoms with Crippen LogP contribution >= 0.6 is 11.6 Å². The lowest BCUT2D eigenvalue weighted by Gasteiger charge is -2.45. The number of amides is 3. The molecule has 202 valence electrons. The first kappa shape index (κ1) is 25.2. The summed E-state index contributed by atoms with van der Waals surface area (Å²) in [6.45, 7) is -0.225. The van der Waals surface area contributed by atoms with Gasteiger partial charge in [0.1, 0.15) is 5.56 Å². The number of hydrazine groups is 1. The summed E-state index contributed by atoms with van der Waals surface area (Å²) in [7, 11) is 0. The van der Waals surface area contributed by atoms with E-state index in [4.69, 9.17) is 11.6 Å². The second-order valence-corrected chi connectivity index (χ2v) is 10.9. The second kappa shape index (κ2) is 9.38. The zero-order chi connectivity index (χ0) is 28.4. The van der Waals surface area contributed by atoms with Gasteiger partial charge < -0.3 is 0 Å². The number of nitrogens with zero attached hydrogens (tertiary/aromatic N) is 3. The molecule has 4 aliphatic rings. The molecule has 1 heterocycles. The van der Waals surface area contributed by atoms with Crippen LogP contribution in [0.25, 0.3) is 0 Å². The summed E-state index contributed by atoms with van der Waals surface area (Å²) in [4.78, 5) is 54.0. The van der Waals surface area contributed by atoms with Crippen LogP contribution in [-0.2, 0) is 16.1 Å². The maximum Gasteiger partial charge on any atom is 0.282 e. The Labute approximate surface area is 239 Å². The van der Waals surface area contributed by atoms with Crippen molar-refractivity contribution in [3.05, 3.63) is 146 Å². The first-order valence-corrected chi connectivity index (χ1v) is 13.6. The van der Waals surface area contributed by atoms with Gasteiger partial charge in [-0.15, -0.1) is 0 Å². The normalized spacial score (nSPS) is 21.7. The Morgan fingerprint density at radius 1 is 0.756 bits per heavy atom. The van der Waals surface area contributed by atoms with Gasteiger partial charge in [-0.05, 0) is 39.9 Å². The van der Waals surface area contributed by atoms with Crippen LogP contribution in [0.3, 0.4) is 0 Å². The predicted octanol–water partition coefficient (Wildman–Crippen LogP) is 5.70. The third-order valence-corrected chi connectivity index (χ3v) is 8.88. The van der Waals surface area contributed by atoms with E-state index < -0.39 is 40.2 Å². The Morgan fingerprint density at radius 3 is 1.73 bits per heavy atom. The lowest BCUT2D eigenvalue weighted by Crippen LogP contribution is -2.50. The molecule has 3 amide bonds. The monoisotopic (exact) mass is 563 g/mol. The highest BCUT2D eigenvalue weighted by molar-refractivity contribution is 6.31.